The van der Waals surface area contributed by atoms with Crippen LogP contribution in [-0.4, -0.2) is 17.7 Å². The largest absolute Gasteiger partial charge is 0.492 e. The van der Waals surface area contributed by atoms with Gasteiger partial charge in [-0.2, -0.15) is 0 Å². The predicted molar refractivity (Wildman–Crippen MR) is 61.5 cm³/mol. The molecule has 0 aliphatic heterocycles. The minimum absolute atomic E-state index is 0.254. The standard InChI is InChI=1S/C11H13BrO3/c1-2-3-6-15-10-5-4-8(11(13)14)7-9(10)12/h4-5,7H,2-3,6H2,1H3,(H,13,14). The first-order valence-corrected chi connectivity index (χ1v) is 5.60. The van der Waals surface area contributed by atoms with Gasteiger partial charge in [0.15, 0.2) is 0 Å². The first-order chi connectivity index (χ1) is 7.15. The highest BCUT2D eigenvalue weighted by Crippen LogP contribution is 2.26. The maximum atomic E-state index is 10.7. The summed E-state index contributed by atoms with van der Waals surface area (Å²) < 4.78 is 6.15. The summed E-state index contributed by atoms with van der Waals surface area (Å²) in [6.07, 6.45) is 2.07. The van der Waals surface area contributed by atoms with E-state index in [1.807, 2.05) is 0 Å². The quantitative estimate of drug-likeness (QED) is 0.837. The Balaban J connectivity index is 2.70. The highest BCUT2D eigenvalue weighted by atomic mass is 79.9. The van der Waals surface area contributed by atoms with Crippen molar-refractivity contribution in [3.8, 4) is 5.75 Å². The zero-order chi connectivity index (χ0) is 11.3. The van der Waals surface area contributed by atoms with Crippen molar-refractivity contribution in [1.82, 2.24) is 0 Å². The zero-order valence-corrected chi connectivity index (χ0v) is 10.1. The molecule has 0 heterocycles. The molecule has 0 amide bonds. The Bertz CT molecular complexity index is 350. The van der Waals surface area contributed by atoms with Gasteiger partial charge in [-0.1, -0.05) is 13.3 Å². The van der Waals surface area contributed by atoms with Crippen LogP contribution in [0, 0.1) is 0 Å². The van der Waals surface area contributed by atoms with Crippen LogP contribution < -0.4 is 4.74 Å². The Kier molecular flexibility index (Phi) is 4.62. The number of hydrogen-bond donors (Lipinski definition) is 1. The van der Waals surface area contributed by atoms with Crippen molar-refractivity contribution >= 4 is 21.9 Å². The monoisotopic (exact) mass is 272 g/mol. The van der Waals surface area contributed by atoms with E-state index in [9.17, 15) is 4.79 Å². The van der Waals surface area contributed by atoms with E-state index in [0.29, 0.717) is 16.8 Å². The lowest BCUT2D eigenvalue weighted by molar-refractivity contribution is 0.0697. The molecule has 1 aromatic carbocycles. The fraction of sp³-hybridized carbons (Fsp3) is 0.364. The number of aromatic carboxylic acids is 1. The summed E-state index contributed by atoms with van der Waals surface area (Å²) in [5.41, 5.74) is 0.254. The molecule has 1 N–H and O–H groups in total. The smallest absolute Gasteiger partial charge is 0.335 e. The van der Waals surface area contributed by atoms with E-state index in [2.05, 4.69) is 22.9 Å². The van der Waals surface area contributed by atoms with Crippen LogP contribution in [0.2, 0.25) is 0 Å². The lowest BCUT2D eigenvalue weighted by Gasteiger charge is -2.07. The van der Waals surface area contributed by atoms with Gasteiger partial charge in [0.05, 0.1) is 16.6 Å². The second-order valence-corrected chi connectivity index (χ2v) is 4.01. The molecule has 0 radical (unpaired) electrons. The van der Waals surface area contributed by atoms with E-state index in [4.69, 9.17) is 9.84 Å². The lowest BCUT2D eigenvalue weighted by atomic mass is 10.2. The fourth-order valence-corrected chi connectivity index (χ4v) is 1.57. The Morgan fingerprint density at radius 1 is 1.53 bits per heavy atom. The van der Waals surface area contributed by atoms with Crippen molar-refractivity contribution in [2.24, 2.45) is 0 Å². The van der Waals surface area contributed by atoms with Crippen LogP contribution in [0.4, 0.5) is 0 Å². The second kappa shape index (κ2) is 5.75. The third-order valence-corrected chi connectivity index (χ3v) is 2.55. The molecule has 0 aliphatic rings. The molecule has 0 atom stereocenters. The maximum absolute atomic E-state index is 10.7. The molecule has 0 fully saturated rings. The highest BCUT2D eigenvalue weighted by molar-refractivity contribution is 9.10. The molecule has 0 aliphatic carbocycles. The lowest BCUT2D eigenvalue weighted by Crippen LogP contribution is -2.00. The van der Waals surface area contributed by atoms with Gasteiger partial charge in [0.25, 0.3) is 0 Å². The summed E-state index contributed by atoms with van der Waals surface area (Å²) in [5.74, 6) is -0.246. The van der Waals surface area contributed by atoms with Gasteiger partial charge in [-0.25, -0.2) is 4.79 Å². The summed E-state index contributed by atoms with van der Waals surface area (Å²) in [4.78, 5) is 10.7. The molecule has 0 bridgehead atoms. The fourth-order valence-electron chi connectivity index (χ4n) is 1.08. The predicted octanol–water partition coefficient (Wildman–Crippen LogP) is 3.33. The third-order valence-electron chi connectivity index (χ3n) is 1.93. The van der Waals surface area contributed by atoms with Crippen molar-refractivity contribution < 1.29 is 14.6 Å². The number of halogens is 1. The minimum Gasteiger partial charge on any atom is -0.492 e. The van der Waals surface area contributed by atoms with Gasteiger partial charge in [0.1, 0.15) is 5.75 Å². The van der Waals surface area contributed by atoms with Gasteiger partial charge in [-0.3, -0.25) is 0 Å². The van der Waals surface area contributed by atoms with Crippen molar-refractivity contribution in [2.75, 3.05) is 6.61 Å². The van der Waals surface area contributed by atoms with Crippen molar-refractivity contribution in [3.63, 3.8) is 0 Å². The van der Waals surface area contributed by atoms with Crippen LogP contribution in [0.3, 0.4) is 0 Å². The van der Waals surface area contributed by atoms with Gasteiger partial charge in [0, 0.05) is 0 Å². The van der Waals surface area contributed by atoms with Gasteiger partial charge in [0.2, 0.25) is 0 Å². The van der Waals surface area contributed by atoms with Crippen molar-refractivity contribution in [3.05, 3.63) is 28.2 Å². The number of unbranched alkanes of at least 4 members (excludes halogenated alkanes) is 1. The first kappa shape index (κ1) is 12.0. The topological polar surface area (TPSA) is 46.5 Å². The van der Waals surface area contributed by atoms with Crippen LogP contribution in [0.15, 0.2) is 22.7 Å². The Morgan fingerprint density at radius 2 is 2.27 bits per heavy atom. The van der Waals surface area contributed by atoms with E-state index in [1.54, 1.807) is 12.1 Å². The third kappa shape index (κ3) is 3.55. The summed E-state index contributed by atoms with van der Waals surface area (Å²) in [6, 6.07) is 4.75. The summed E-state index contributed by atoms with van der Waals surface area (Å²) in [7, 11) is 0. The summed E-state index contributed by atoms with van der Waals surface area (Å²) >= 11 is 3.28. The highest BCUT2D eigenvalue weighted by Gasteiger charge is 2.06. The molecule has 82 valence electrons. The molecule has 1 rings (SSSR count). The molecule has 0 spiro atoms. The van der Waals surface area contributed by atoms with Gasteiger partial charge < -0.3 is 9.84 Å². The van der Waals surface area contributed by atoms with E-state index in [0.717, 1.165) is 12.8 Å². The van der Waals surface area contributed by atoms with E-state index in [-0.39, 0.29) is 5.56 Å². The molecule has 0 unspecified atom stereocenters. The molecule has 1 aromatic rings. The van der Waals surface area contributed by atoms with Crippen LogP contribution in [-0.2, 0) is 0 Å². The average Bonchev–Trinajstić information content (AvgIpc) is 2.20. The zero-order valence-electron chi connectivity index (χ0n) is 8.50. The Labute approximate surface area is 97.2 Å². The van der Waals surface area contributed by atoms with Crippen molar-refractivity contribution in [1.29, 1.82) is 0 Å². The van der Waals surface area contributed by atoms with Crippen molar-refractivity contribution in [2.45, 2.75) is 19.8 Å². The molecule has 3 nitrogen and oxygen atoms in total. The number of carboxylic acid groups (broad SMARTS) is 1. The summed E-state index contributed by atoms with van der Waals surface area (Å²) in [5, 5.41) is 8.75. The molecule has 0 saturated carbocycles. The number of ether oxygens (including phenoxy) is 1. The van der Waals surface area contributed by atoms with Crippen LogP contribution >= 0.6 is 15.9 Å². The van der Waals surface area contributed by atoms with Crippen LogP contribution in [0.5, 0.6) is 5.75 Å². The summed E-state index contributed by atoms with van der Waals surface area (Å²) in [6.45, 7) is 2.74. The van der Waals surface area contributed by atoms with E-state index in [1.165, 1.54) is 6.07 Å². The van der Waals surface area contributed by atoms with Crippen LogP contribution in [0.1, 0.15) is 30.1 Å². The SMILES string of the molecule is CCCCOc1ccc(C(=O)O)cc1Br. The molecular weight excluding hydrogens is 260 g/mol. The number of rotatable bonds is 5. The second-order valence-electron chi connectivity index (χ2n) is 3.15. The van der Waals surface area contributed by atoms with Gasteiger partial charge >= 0.3 is 5.97 Å². The van der Waals surface area contributed by atoms with E-state index >= 15 is 0 Å². The minimum atomic E-state index is -0.934. The molecule has 4 heteroatoms. The molecule has 0 saturated heterocycles. The Hall–Kier alpha value is -1.03. The number of hydrogen-bond acceptors (Lipinski definition) is 2. The van der Waals surface area contributed by atoms with E-state index < -0.39 is 5.97 Å². The molecule has 15 heavy (non-hydrogen) atoms. The van der Waals surface area contributed by atoms with Gasteiger partial charge in [-0.05, 0) is 40.5 Å². The number of carbonyl (C=O) groups is 1. The Morgan fingerprint density at radius 3 is 2.80 bits per heavy atom. The molecule has 0 aromatic heterocycles. The normalized spacial score (nSPS) is 10.0. The molecular formula is C11H13BrO3. The number of benzene rings is 1. The number of carboxylic acids is 1. The first-order valence-electron chi connectivity index (χ1n) is 4.80. The average molecular weight is 273 g/mol. The van der Waals surface area contributed by atoms with Gasteiger partial charge in [-0.15, -0.1) is 0 Å². The maximum Gasteiger partial charge on any atom is 0.335 e. The van der Waals surface area contributed by atoms with Crippen LogP contribution in [0.25, 0.3) is 0 Å².